The van der Waals surface area contributed by atoms with Crippen molar-refractivity contribution in [3.05, 3.63) is 62.3 Å². The Kier molecular flexibility index (Phi) is 5.23. The van der Waals surface area contributed by atoms with Crippen LogP contribution in [-0.2, 0) is 13.1 Å². The average molecular weight is 292 g/mol. The van der Waals surface area contributed by atoms with Gasteiger partial charge in [0.2, 0.25) is 0 Å². The van der Waals surface area contributed by atoms with E-state index in [1.807, 2.05) is 21.7 Å². The fraction of sp³-hybridized carbons (Fsp3) is 0.286. The van der Waals surface area contributed by atoms with Gasteiger partial charge in [-0.2, -0.15) is 11.3 Å². The summed E-state index contributed by atoms with van der Waals surface area (Å²) in [5.74, 6) is 0. The summed E-state index contributed by atoms with van der Waals surface area (Å²) in [6, 6.07) is 8.75. The predicted molar refractivity (Wildman–Crippen MR) is 78.6 cm³/mol. The van der Waals surface area contributed by atoms with Crippen LogP contribution < -0.4 is 0 Å². The van der Waals surface area contributed by atoms with E-state index in [-0.39, 0.29) is 17.2 Å². The van der Waals surface area contributed by atoms with Crippen molar-refractivity contribution in [3.8, 4) is 0 Å². The van der Waals surface area contributed by atoms with Gasteiger partial charge in [0.1, 0.15) is 0 Å². The van der Waals surface area contributed by atoms with Crippen LogP contribution in [0.1, 0.15) is 11.1 Å². The Morgan fingerprint density at radius 2 is 2.05 bits per heavy atom. The number of hydrogen-bond acceptors (Lipinski definition) is 5. The minimum absolute atomic E-state index is 0.0325. The van der Waals surface area contributed by atoms with E-state index in [0.717, 1.165) is 5.56 Å². The van der Waals surface area contributed by atoms with Crippen molar-refractivity contribution in [2.24, 2.45) is 0 Å². The van der Waals surface area contributed by atoms with Crippen LogP contribution in [-0.4, -0.2) is 28.1 Å². The SMILES string of the molecule is O=[N+]([O-])c1ccccc1CN(CCO)Cc1ccsc1. The highest BCUT2D eigenvalue weighted by Gasteiger charge is 2.15. The summed E-state index contributed by atoms with van der Waals surface area (Å²) in [6.07, 6.45) is 0. The zero-order valence-corrected chi connectivity index (χ0v) is 11.8. The molecule has 1 heterocycles. The Morgan fingerprint density at radius 1 is 1.25 bits per heavy atom. The molecule has 0 saturated carbocycles. The normalized spacial score (nSPS) is 10.9. The van der Waals surface area contributed by atoms with Crippen molar-refractivity contribution in [2.45, 2.75) is 13.1 Å². The molecule has 106 valence electrons. The quantitative estimate of drug-likeness (QED) is 0.629. The zero-order chi connectivity index (χ0) is 14.4. The lowest BCUT2D eigenvalue weighted by molar-refractivity contribution is -0.385. The molecule has 1 N–H and O–H groups in total. The molecule has 2 aromatic rings. The zero-order valence-electron chi connectivity index (χ0n) is 10.9. The molecular formula is C14H16N2O3S. The van der Waals surface area contributed by atoms with Crippen molar-refractivity contribution < 1.29 is 10.0 Å². The number of nitrogens with zero attached hydrogens (tertiary/aromatic N) is 2. The maximum absolute atomic E-state index is 11.0. The first-order valence-electron chi connectivity index (χ1n) is 6.27. The molecular weight excluding hydrogens is 276 g/mol. The molecule has 0 spiro atoms. The van der Waals surface area contributed by atoms with Gasteiger partial charge in [-0.1, -0.05) is 18.2 Å². The van der Waals surface area contributed by atoms with E-state index in [4.69, 9.17) is 5.11 Å². The van der Waals surface area contributed by atoms with Crippen LogP contribution in [0.3, 0.4) is 0 Å². The summed E-state index contributed by atoms with van der Waals surface area (Å²) in [7, 11) is 0. The van der Waals surface area contributed by atoms with Crippen LogP contribution in [0.4, 0.5) is 5.69 Å². The maximum Gasteiger partial charge on any atom is 0.273 e. The number of rotatable bonds is 7. The second-order valence-corrected chi connectivity index (χ2v) is 5.23. The van der Waals surface area contributed by atoms with Gasteiger partial charge in [0.25, 0.3) is 5.69 Å². The molecule has 2 rings (SSSR count). The van der Waals surface area contributed by atoms with Crippen LogP contribution in [0.2, 0.25) is 0 Å². The molecule has 20 heavy (non-hydrogen) atoms. The monoisotopic (exact) mass is 292 g/mol. The van der Waals surface area contributed by atoms with E-state index >= 15 is 0 Å². The van der Waals surface area contributed by atoms with Crippen LogP contribution in [0.15, 0.2) is 41.1 Å². The summed E-state index contributed by atoms with van der Waals surface area (Å²) in [5.41, 5.74) is 1.95. The van der Waals surface area contributed by atoms with E-state index in [0.29, 0.717) is 25.2 Å². The lowest BCUT2D eigenvalue weighted by atomic mass is 10.1. The molecule has 5 nitrogen and oxygen atoms in total. The standard InChI is InChI=1S/C14H16N2O3S/c17-7-6-15(9-12-5-8-20-11-12)10-13-3-1-2-4-14(13)16(18)19/h1-5,8,11,17H,6-7,9-10H2. The lowest BCUT2D eigenvalue weighted by Gasteiger charge is -2.20. The third-order valence-electron chi connectivity index (χ3n) is 2.98. The highest BCUT2D eigenvalue weighted by atomic mass is 32.1. The topological polar surface area (TPSA) is 66.6 Å². The van der Waals surface area contributed by atoms with E-state index in [9.17, 15) is 10.1 Å². The van der Waals surface area contributed by atoms with Crippen LogP contribution in [0.25, 0.3) is 0 Å². The van der Waals surface area contributed by atoms with Gasteiger partial charge in [0.05, 0.1) is 11.5 Å². The summed E-state index contributed by atoms with van der Waals surface area (Å²) < 4.78 is 0. The minimum atomic E-state index is -0.364. The number of nitro groups is 1. The van der Waals surface area contributed by atoms with Gasteiger partial charge >= 0.3 is 0 Å². The Hall–Kier alpha value is -1.76. The second kappa shape index (κ2) is 7.14. The van der Waals surface area contributed by atoms with Gasteiger partial charge in [-0.3, -0.25) is 15.0 Å². The lowest BCUT2D eigenvalue weighted by Crippen LogP contribution is -2.26. The molecule has 0 unspecified atom stereocenters. The Balaban J connectivity index is 2.13. The summed E-state index contributed by atoms with van der Waals surface area (Å²) in [4.78, 5) is 12.7. The van der Waals surface area contributed by atoms with E-state index < -0.39 is 0 Å². The van der Waals surface area contributed by atoms with Gasteiger partial charge < -0.3 is 5.11 Å². The van der Waals surface area contributed by atoms with Crippen molar-refractivity contribution in [2.75, 3.05) is 13.2 Å². The van der Waals surface area contributed by atoms with Crippen molar-refractivity contribution in [1.82, 2.24) is 4.90 Å². The average Bonchev–Trinajstić information content (AvgIpc) is 2.92. The number of aliphatic hydroxyl groups is 1. The van der Waals surface area contributed by atoms with Crippen molar-refractivity contribution in [1.29, 1.82) is 0 Å². The molecule has 1 aromatic heterocycles. The number of nitro benzene ring substituents is 1. The number of thiophene rings is 1. The van der Waals surface area contributed by atoms with Crippen molar-refractivity contribution >= 4 is 17.0 Å². The van der Waals surface area contributed by atoms with E-state index in [1.54, 1.807) is 29.5 Å². The highest BCUT2D eigenvalue weighted by molar-refractivity contribution is 7.07. The van der Waals surface area contributed by atoms with Gasteiger partial charge in [-0.05, 0) is 22.4 Å². The van der Waals surface area contributed by atoms with Gasteiger partial charge in [-0.25, -0.2) is 0 Å². The number of benzene rings is 1. The summed E-state index contributed by atoms with van der Waals surface area (Å²) >= 11 is 1.62. The smallest absolute Gasteiger partial charge is 0.273 e. The molecule has 0 aliphatic heterocycles. The van der Waals surface area contributed by atoms with E-state index in [1.165, 1.54) is 6.07 Å². The highest BCUT2D eigenvalue weighted by Crippen LogP contribution is 2.20. The predicted octanol–water partition coefficient (Wildman–Crippen LogP) is 2.65. The van der Waals surface area contributed by atoms with Gasteiger partial charge in [0, 0.05) is 31.3 Å². The maximum atomic E-state index is 11.0. The molecule has 0 fully saturated rings. The summed E-state index contributed by atoms with van der Waals surface area (Å²) in [5, 5.41) is 24.2. The van der Waals surface area contributed by atoms with Gasteiger partial charge in [-0.15, -0.1) is 0 Å². The molecule has 0 radical (unpaired) electrons. The van der Waals surface area contributed by atoms with Crippen LogP contribution in [0, 0.1) is 10.1 Å². The first kappa shape index (κ1) is 14.6. The first-order valence-corrected chi connectivity index (χ1v) is 7.21. The third-order valence-corrected chi connectivity index (χ3v) is 3.72. The van der Waals surface area contributed by atoms with Crippen LogP contribution >= 0.6 is 11.3 Å². The Bertz CT molecular complexity index is 557. The molecule has 1 aromatic carbocycles. The molecule has 0 amide bonds. The number of aliphatic hydroxyl groups excluding tert-OH is 1. The third kappa shape index (κ3) is 3.86. The Morgan fingerprint density at radius 3 is 2.70 bits per heavy atom. The summed E-state index contributed by atoms with van der Waals surface area (Å²) in [6.45, 7) is 1.65. The number of hydrogen-bond donors (Lipinski definition) is 1. The fourth-order valence-corrected chi connectivity index (χ4v) is 2.72. The first-order chi connectivity index (χ1) is 9.70. The molecule has 0 aliphatic rings. The minimum Gasteiger partial charge on any atom is -0.395 e. The van der Waals surface area contributed by atoms with Crippen LogP contribution in [0.5, 0.6) is 0 Å². The number of para-hydroxylation sites is 1. The second-order valence-electron chi connectivity index (χ2n) is 4.45. The van der Waals surface area contributed by atoms with Gasteiger partial charge in [0.15, 0.2) is 0 Å². The fourth-order valence-electron chi connectivity index (χ4n) is 2.06. The molecule has 0 aliphatic carbocycles. The molecule has 0 bridgehead atoms. The van der Waals surface area contributed by atoms with E-state index in [2.05, 4.69) is 0 Å². The largest absolute Gasteiger partial charge is 0.395 e. The molecule has 6 heteroatoms. The van der Waals surface area contributed by atoms with Crippen molar-refractivity contribution in [3.63, 3.8) is 0 Å². The Labute approximate surface area is 121 Å². The molecule has 0 saturated heterocycles. The molecule has 0 atom stereocenters.